The van der Waals surface area contributed by atoms with Gasteiger partial charge in [-0.25, -0.2) is 18.6 Å². The van der Waals surface area contributed by atoms with E-state index in [4.69, 9.17) is 4.74 Å². The lowest BCUT2D eigenvalue weighted by Gasteiger charge is -2.12. The van der Waals surface area contributed by atoms with Crippen LogP contribution in [0.25, 0.3) is 22.3 Å². The lowest BCUT2D eigenvalue weighted by molar-refractivity contribution is 0.0694. The number of pyridine rings is 3. The molecule has 4 rings (SSSR count). The van der Waals surface area contributed by atoms with Crippen LogP contribution >= 0.6 is 0 Å². The van der Waals surface area contributed by atoms with Gasteiger partial charge in [-0.15, -0.1) is 0 Å². The number of benzene rings is 1. The predicted molar refractivity (Wildman–Crippen MR) is 113 cm³/mol. The van der Waals surface area contributed by atoms with Crippen molar-refractivity contribution in [1.29, 1.82) is 0 Å². The summed E-state index contributed by atoms with van der Waals surface area (Å²) in [7, 11) is 0. The van der Waals surface area contributed by atoms with Gasteiger partial charge < -0.3 is 9.84 Å². The Kier molecular flexibility index (Phi) is 5.63. The Bertz CT molecular complexity index is 1350. The first kappa shape index (κ1) is 21.1. The van der Waals surface area contributed by atoms with Gasteiger partial charge in [-0.2, -0.15) is 0 Å². The first-order valence-electron chi connectivity index (χ1n) is 9.60. The molecule has 4 aromatic rings. The first-order chi connectivity index (χ1) is 15.3. The van der Waals surface area contributed by atoms with Gasteiger partial charge in [-0.1, -0.05) is 12.1 Å². The lowest BCUT2D eigenvalue weighted by atomic mass is 10.1. The Labute approximate surface area is 180 Å². The number of carboxylic acid groups (broad SMARTS) is 1. The topological polar surface area (TPSA) is 94.3 Å². The van der Waals surface area contributed by atoms with Gasteiger partial charge in [0.2, 0.25) is 6.36 Å². The maximum Gasteiger partial charge on any atom is 0.341 e. The smallest absolute Gasteiger partial charge is 0.341 e. The molecule has 0 fully saturated rings. The summed E-state index contributed by atoms with van der Waals surface area (Å²) >= 11 is 0. The molecule has 0 amide bonds. The SMILES string of the molecule is CC(F)Oc1ccc(-c2cnc3c(c2)cc(C(=O)O)c(=O)n3Cc2ccc(F)cc2)nc1. The highest BCUT2D eigenvalue weighted by Crippen LogP contribution is 2.23. The average Bonchev–Trinajstić information content (AvgIpc) is 2.76. The van der Waals surface area contributed by atoms with Crippen molar-refractivity contribution >= 4 is 17.0 Å². The number of hydrogen-bond donors (Lipinski definition) is 1. The van der Waals surface area contributed by atoms with E-state index in [1.54, 1.807) is 18.2 Å². The summed E-state index contributed by atoms with van der Waals surface area (Å²) in [5, 5.41) is 9.92. The molecule has 0 bridgehead atoms. The van der Waals surface area contributed by atoms with E-state index in [1.807, 2.05) is 0 Å². The van der Waals surface area contributed by atoms with Crippen molar-refractivity contribution in [2.45, 2.75) is 19.8 Å². The van der Waals surface area contributed by atoms with E-state index in [0.717, 1.165) is 0 Å². The van der Waals surface area contributed by atoms with Crippen LogP contribution in [0.15, 0.2) is 65.7 Å². The summed E-state index contributed by atoms with van der Waals surface area (Å²) in [6, 6.07) is 11.7. The number of carbonyl (C=O) groups is 1. The highest BCUT2D eigenvalue weighted by molar-refractivity contribution is 5.92. The Morgan fingerprint density at radius 3 is 2.50 bits per heavy atom. The molecular weight excluding hydrogens is 420 g/mol. The third-order valence-electron chi connectivity index (χ3n) is 4.74. The number of halogens is 2. The third kappa shape index (κ3) is 4.31. The fourth-order valence-corrected chi connectivity index (χ4v) is 3.29. The van der Waals surface area contributed by atoms with Gasteiger partial charge >= 0.3 is 5.97 Å². The van der Waals surface area contributed by atoms with Gasteiger partial charge in [0.15, 0.2) is 0 Å². The van der Waals surface area contributed by atoms with Crippen LogP contribution in [0.1, 0.15) is 22.8 Å². The highest BCUT2D eigenvalue weighted by atomic mass is 19.1. The Morgan fingerprint density at radius 1 is 1.12 bits per heavy atom. The minimum absolute atomic E-state index is 0.0226. The van der Waals surface area contributed by atoms with Crippen molar-refractivity contribution in [1.82, 2.24) is 14.5 Å². The summed E-state index contributed by atoms with van der Waals surface area (Å²) in [4.78, 5) is 33.0. The van der Waals surface area contributed by atoms with Crippen molar-refractivity contribution in [2.75, 3.05) is 0 Å². The zero-order chi connectivity index (χ0) is 22.8. The number of ether oxygens (including phenoxy) is 1. The summed E-state index contributed by atoms with van der Waals surface area (Å²) in [6.07, 6.45) is 1.40. The van der Waals surface area contributed by atoms with E-state index < -0.39 is 29.3 Å². The molecular formula is C23H17F2N3O4. The fraction of sp³-hybridized carbons (Fsp3) is 0.130. The van der Waals surface area contributed by atoms with Gasteiger partial charge in [0.1, 0.15) is 22.8 Å². The largest absolute Gasteiger partial charge is 0.477 e. The molecule has 32 heavy (non-hydrogen) atoms. The van der Waals surface area contributed by atoms with Crippen LogP contribution in [0.2, 0.25) is 0 Å². The molecule has 0 radical (unpaired) electrons. The molecule has 0 aliphatic heterocycles. The molecule has 3 aromatic heterocycles. The van der Waals surface area contributed by atoms with Gasteiger partial charge in [-0.3, -0.25) is 14.3 Å². The van der Waals surface area contributed by atoms with Crippen LogP contribution in [0.4, 0.5) is 8.78 Å². The van der Waals surface area contributed by atoms with E-state index in [9.17, 15) is 23.5 Å². The summed E-state index contributed by atoms with van der Waals surface area (Å²) in [6.45, 7) is 1.28. The summed E-state index contributed by atoms with van der Waals surface area (Å²) < 4.78 is 32.4. The molecule has 1 unspecified atom stereocenters. The van der Waals surface area contributed by atoms with E-state index in [-0.39, 0.29) is 17.9 Å². The van der Waals surface area contributed by atoms with Gasteiger partial charge in [-0.05, 0) is 42.0 Å². The van der Waals surface area contributed by atoms with Gasteiger partial charge in [0.25, 0.3) is 5.56 Å². The number of carboxylic acids is 1. The fourth-order valence-electron chi connectivity index (χ4n) is 3.29. The van der Waals surface area contributed by atoms with Crippen LogP contribution < -0.4 is 10.3 Å². The van der Waals surface area contributed by atoms with Gasteiger partial charge in [0.05, 0.1) is 18.4 Å². The number of nitrogens with zero attached hydrogens (tertiary/aromatic N) is 3. The molecule has 0 saturated heterocycles. The molecule has 162 valence electrons. The minimum Gasteiger partial charge on any atom is -0.477 e. The molecule has 0 aliphatic rings. The van der Waals surface area contributed by atoms with E-state index in [2.05, 4.69) is 9.97 Å². The second-order valence-corrected chi connectivity index (χ2v) is 7.06. The van der Waals surface area contributed by atoms with Crippen LogP contribution in [0, 0.1) is 5.82 Å². The number of alkyl halides is 1. The average molecular weight is 437 g/mol. The maximum atomic E-state index is 13.2. The monoisotopic (exact) mass is 437 g/mol. The van der Waals surface area contributed by atoms with E-state index in [0.29, 0.717) is 22.2 Å². The molecule has 0 aliphatic carbocycles. The van der Waals surface area contributed by atoms with E-state index >= 15 is 0 Å². The minimum atomic E-state index is -1.47. The second kappa shape index (κ2) is 8.54. The van der Waals surface area contributed by atoms with Crippen LogP contribution in [0.3, 0.4) is 0 Å². The molecule has 1 aromatic carbocycles. The normalized spacial score (nSPS) is 12.0. The zero-order valence-electron chi connectivity index (χ0n) is 16.8. The number of aromatic carboxylic acids is 1. The van der Waals surface area contributed by atoms with Crippen molar-refractivity contribution in [3.8, 4) is 17.0 Å². The third-order valence-corrected chi connectivity index (χ3v) is 4.74. The van der Waals surface area contributed by atoms with Crippen LogP contribution in [0.5, 0.6) is 5.75 Å². The Balaban J connectivity index is 1.80. The van der Waals surface area contributed by atoms with Crippen molar-refractivity contribution in [3.05, 3.63) is 88.2 Å². The summed E-state index contributed by atoms with van der Waals surface area (Å²) in [5.41, 5.74) is 0.843. The molecule has 0 spiro atoms. The summed E-state index contributed by atoms with van der Waals surface area (Å²) in [5.74, 6) is -1.52. The first-order valence-corrected chi connectivity index (χ1v) is 9.60. The number of rotatable bonds is 6. The molecule has 0 saturated carbocycles. The van der Waals surface area contributed by atoms with Crippen LogP contribution in [-0.2, 0) is 6.54 Å². The molecule has 7 nitrogen and oxygen atoms in total. The number of hydrogen-bond acceptors (Lipinski definition) is 5. The van der Waals surface area contributed by atoms with Crippen molar-refractivity contribution in [2.24, 2.45) is 0 Å². The highest BCUT2D eigenvalue weighted by Gasteiger charge is 2.17. The molecule has 3 heterocycles. The predicted octanol–water partition coefficient (Wildman–Crippen LogP) is 4.04. The Hall–Kier alpha value is -4.14. The quantitative estimate of drug-likeness (QED) is 0.489. The van der Waals surface area contributed by atoms with Crippen LogP contribution in [-0.4, -0.2) is 32.0 Å². The van der Waals surface area contributed by atoms with Crippen molar-refractivity contribution < 1.29 is 23.4 Å². The zero-order valence-corrected chi connectivity index (χ0v) is 16.8. The second-order valence-electron chi connectivity index (χ2n) is 7.06. The molecule has 9 heteroatoms. The molecule has 1 atom stereocenters. The van der Waals surface area contributed by atoms with Gasteiger partial charge in [0, 0.05) is 24.1 Å². The maximum absolute atomic E-state index is 13.2. The standard InChI is InChI=1S/C23H17F2N3O4/c1-13(24)32-18-6-7-20(26-11-18)16-8-15-9-19(23(30)31)22(29)28(21(15)27-10-16)12-14-2-4-17(25)5-3-14/h2-11,13H,12H2,1H3,(H,30,31). The number of aromatic nitrogens is 3. The lowest BCUT2D eigenvalue weighted by Crippen LogP contribution is -2.27. The molecule has 1 N–H and O–H groups in total. The van der Waals surface area contributed by atoms with Crippen molar-refractivity contribution in [3.63, 3.8) is 0 Å². The Morgan fingerprint density at radius 2 is 1.88 bits per heavy atom. The van der Waals surface area contributed by atoms with E-state index in [1.165, 1.54) is 54.2 Å². The number of fused-ring (bicyclic) bond motifs is 1.